The number of thiophene rings is 2. The number of hydrogen-bond acceptors (Lipinski definition) is 5. The van der Waals surface area contributed by atoms with Crippen LogP contribution in [0.1, 0.15) is 15.3 Å². The first-order valence-corrected chi connectivity index (χ1v) is 9.02. The molecular weight excluding hydrogens is 300 g/mol. The van der Waals surface area contributed by atoms with E-state index in [1.54, 1.807) is 17.4 Å². The molecule has 4 nitrogen and oxygen atoms in total. The summed E-state index contributed by atoms with van der Waals surface area (Å²) in [6, 6.07) is 5.44. The SMILES string of the molecule is Cc1ccsc1CNS(=O)(=O)c1ccc(CCN)s1. The van der Waals surface area contributed by atoms with E-state index in [1.807, 2.05) is 24.4 Å². The molecule has 3 N–H and O–H groups in total. The van der Waals surface area contributed by atoms with E-state index in [0.29, 0.717) is 23.7 Å². The quantitative estimate of drug-likeness (QED) is 0.857. The maximum Gasteiger partial charge on any atom is 0.250 e. The first kappa shape index (κ1) is 14.7. The van der Waals surface area contributed by atoms with Crippen molar-refractivity contribution in [1.82, 2.24) is 4.72 Å². The average Bonchev–Trinajstić information content (AvgIpc) is 2.97. The van der Waals surface area contributed by atoms with E-state index in [9.17, 15) is 8.42 Å². The molecular formula is C12H16N2O2S3. The molecule has 0 aliphatic carbocycles. The van der Waals surface area contributed by atoms with E-state index in [1.165, 1.54) is 11.3 Å². The molecule has 2 aromatic heterocycles. The molecule has 0 aromatic carbocycles. The highest BCUT2D eigenvalue weighted by molar-refractivity contribution is 7.91. The molecule has 0 aliphatic rings. The summed E-state index contributed by atoms with van der Waals surface area (Å²) >= 11 is 2.84. The Morgan fingerprint density at radius 3 is 2.74 bits per heavy atom. The zero-order valence-corrected chi connectivity index (χ0v) is 13.0. The van der Waals surface area contributed by atoms with Gasteiger partial charge in [-0.25, -0.2) is 13.1 Å². The van der Waals surface area contributed by atoms with Crippen molar-refractivity contribution in [2.24, 2.45) is 5.73 Å². The fourth-order valence-corrected chi connectivity index (χ4v) is 4.94. The molecule has 2 heterocycles. The van der Waals surface area contributed by atoms with Crippen LogP contribution in [0.25, 0.3) is 0 Å². The molecule has 0 saturated heterocycles. The number of nitrogens with two attached hydrogens (primary N) is 1. The Hall–Kier alpha value is -0.730. The molecule has 19 heavy (non-hydrogen) atoms. The average molecular weight is 316 g/mol. The van der Waals surface area contributed by atoms with Gasteiger partial charge in [-0.1, -0.05) is 0 Å². The first-order valence-electron chi connectivity index (χ1n) is 5.84. The second-order valence-electron chi connectivity index (χ2n) is 4.11. The second kappa shape index (κ2) is 6.15. The fourth-order valence-electron chi connectivity index (χ4n) is 1.60. The largest absolute Gasteiger partial charge is 0.330 e. The Morgan fingerprint density at radius 2 is 2.11 bits per heavy atom. The maximum atomic E-state index is 12.1. The van der Waals surface area contributed by atoms with E-state index < -0.39 is 10.0 Å². The molecule has 2 rings (SSSR count). The highest BCUT2D eigenvalue weighted by Crippen LogP contribution is 2.22. The molecule has 0 aliphatic heterocycles. The van der Waals surface area contributed by atoms with Crippen molar-refractivity contribution < 1.29 is 8.42 Å². The Balaban J connectivity index is 2.07. The van der Waals surface area contributed by atoms with E-state index >= 15 is 0 Å². The predicted molar refractivity (Wildman–Crippen MR) is 80.2 cm³/mol. The van der Waals surface area contributed by atoms with E-state index in [0.717, 1.165) is 15.3 Å². The van der Waals surface area contributed by atoms with Crippen molar-refractivity contribution in [1.29, 1.82) is 0 Å². The summed E-state index contributed by atoms with van der Waals surface area (Å²) in [6.45, 7) is 2.85. The Bertz CT molecular complexity index is 643. The molecule has 0 amide bonds. The summed E-state index contributed by atoms with van der Waals surface area (Å²) in [4.78, 5) is 2.04. The smallest absolute Gasteiger partial charge is 0.250 e. The highest BCUT2D eigenvalue weighted by Gasteiger charge is 2.17. The van der Waals surface area contributed by atoms with Crippen molar-refractivity contribution in [3.63, 3.8) is 0 Å². The van der Waals surface area contributed by atoms with Gasteiger partial charge in [0.15, 0.2) is 0 Å². The Kier molecular flexibility index (Phi) is 4.75. The first-order chi connectivity index (χ1) is 9.03. The summed E-state index contributed by atoms with van der Waals surface area (Å²) in [5.74, 6) is 0. The summed E-state index contributed by atoms with van der Waals surface area (Å²) in [5, 5.41) is 1.96. The van der Waals surface area contributed by atoms with E-state index in [4.69, 9.17) is 5.73 Å². The highest BCUT2D eigenvalue weighted by atomic mass is 32.2. The Labute approximate surface area is 121 Å². The monoisotopic (exact) mass is 316 g/mol. The van der Waals surface area contributed by atoms with Gasteiger partial charge in [-0.2, -0.15) is 0 Å². The molecule has 0 bridgehead atoms. The summed E-state index contributed by atoms with van der Waals surface area (Å²) < 4.78 is 27.2. The van der Waals surface area contributed by atoms with Crippen molar-refractivity contribution in [2.45, 2.75) is 24.1 Å². The van der Waals surface area contributed by atoms with Crippen LogP contribution in [0.2, 0.25) is 0 Å². The molecule has 7 heteroatoms. The third-order valence-corrected chi connectivity index (χ3v) is 6.74. The van der Waals surface area contributed by atoms with Gasteiger partial charge in [0.05, 0.1) is 0 Å². The van der Waals surface area contributed by atoms with Crippen molar-refractivity contribution in [2.75, 3.05) is 6.54 Å². The van der Waals surface area contributed by atoms with Crippen LogP contribution in [0.15, 0.2) is 27.8 Å². The minimum atomic E-state index is -3.42. The van der Waals surface area contributed by atoms with Crippen LogP contribution in [0, 0.1) is 6.92 Å². The lowest BCUT2D eigenvalue weighted by Crippen LogP contribution is -2.22. The molecule has 104 valence electrons. The number of aryl methyl sites for hydroxylation is 1. The zero-order valence-electron chi connectivity index (χ0n) is 10.5. The predicted octanol–water partition coefficient (Wildman–Crippen LogP) is 2.10. The fraction of sp³-hybridized carbons (Fsp3) is 0.333. The molecule has 0 unspecified atom stereocenters. The van der Waals surface area contributed by atoms with Crippen LogP contribution in [-0.2, 0) is 23.0 Å². The van der Waals surface area contributed by atoms with Crippen LogP contribution in [0.5, 0.6) is 0 Å². The summed E-state index contributed by atoms with van der Waals surface area (Å²) in [6.07, 6.45) is 0.713. The minimum absolute atomic E-state index is 0.343. The van der Waals surface area contributed by atoms with Gasteiger partial charge >= 0.3 is 0 Å². The van der Waals surface area contributed by atoms with Gasteiger partial charge < -0.3 is 5.73 Å². The zero-order chi connectivity index (χ0) is 13.9. The van der Waals surface area contributed by atoms with Crippen LogP contribution in [-0.4, -0.2) is 15.0 Å². The molecule has 0 atom stereocenters. The Morgan fingerprint density at radius 1 is 1.32 bits per heavy atom. The molecule has 0 radical (unpaired) electrons. The molecule has 0 fully saturated rings. The van der Waals surface area contributed by atoms with Gasteiger partial charge in [0.1, 0.15) is 4.21 Å². The molecule has 0 spiro atoms. The number of nitrogens with one attached hydrogen (secondary N) is 1. The van der Waals surface area contributed by atoms with Gasteiger partial charge in [0.2, 0.25) is 10.0 Å². The molecule has 0 saturated carbocycles. The van der Waals surface area contributed by atoms with Crippen molar-refractivity contribution >= 4 is 32.7 Å². The minimum Gasteiger partial charge on any atom is -0.330 e. The normalized spacial score (nSPS) is 11.9. The number of sulfonamides is 1. The number of hydrogen-bond donors (Lipinski definition) is 2. The topological polar surface area (TPSA) is 72.2 Å². The number of rotatable bonds is 6. The summed E-state index contributed by atoms with van der Waals surface area (Å²) in [5.41, 5.74) is 6.57. The van der Waals surface area contributed by atoms with Gasteiger partial charge in [-0.05, 0) is 49.0 Å². The second-order valence-corrected chi connectivity index (χ2v) is 8.27. The van der Waals surface area contributed by atoms with Crippen LogP contribution in [0.4, 0.5) is 0 Å². The third kappa shape index (κ3) is 3.64. The van der Waals surface area contributed by atoms with E-state index in [-0.39, 0.29) is 0 Å². The van der Waals surface area contributed by atoms with Gasteiger partial charge in [0, 0.05) is 16.3 Å². The lowest BCUT2D eigenvalue weighted by molar-refractivity contribution is 0.584. The lowest BCUT2D eigenvalue weighted by Gasteiger charge is -2.04. The van der Waals surface area contributed by atoms with Crippen LogP contribution >= 0.6 is 22.7 Å². The van der Waals surface area contributed by atoms with Crippen molar-refractivity contribution in [3.05, 3.63) is 38.9 Å². The van der Waals surface area contributed by atoms with Crippen LogP contribution in [0.3, 0.4) is 0 Å². The maximum absolute atomic E-state index is 12.1. The van der Waals surface area contributed by atoms with Gasteiger partial charge in [-0.15, -0.1) is 22.7 Å². The van der Waals surface area contributed by atoms with Gasteiger partial charge in [-0.3, -0.25) is 0 Å². The van der Waals surface area contributed by atoms with Gasteiger partial charge in [0.25, 0.3) is 0 Å². The molecule has 2 aromatic rings. The van der Waals surface area contributed by atoms with Crippen LogP contribution < -0.4 is 10.5 Å². The third-order valence-electron chi connectivity index (χ3n) is 2.68. The van der Waals surface area contributed by atoms with Crippen molar-refractivity contribution in [3.8, 4) is 0 Å². The summed E-state index contributed by atoms with van der Waals surface area (Å²) in [7, 11) is -3.42. The van der Waals surface area contributed by atoms with E-state index in [2.05, 4.69) is 4.72 Å². The standard InChI is InChI=1S/C12H16N2O2S3/c1-9-5-7-17-11(9)8-14-19(15,16)12-3-2-10(18-12)4-6-13/h2-3,5,7,14H,4,6,8,13H2,1H3. The lowest BCUT2D eigenvalue weighted by atomic mass is 10.3.